The normalized spacial score (nSPS) is 21.3. The predicted octanol–water partition coefficient (Wildman–Crippen LogP) is 3.15. The highest BCUT2D eigenvalue weighted by atomic mass is 16.5. The van der Waals surface area contributed by atoms with Crippen molar-refractivity contribution in [1.82, 2.24) is 0 Å². The maximum absolute atomic E-state index is 12.3. The third-order valence-electron chi connectivity index (χ3n) is 5.34. The Morgan fingerprint density at radius 2 is 2.00 bits per heavy atom. The second kappa shape index (κ2) is 7.39. The lowest BCUT2D eigenvalue weighted by molar-refractivity contribution is -0.0523. The summed E-state index contributed by atoms with van der Waals surface area (Å²) in [6.45, 7) is 1.38. The van der Waals surface area contributed by atoms with Crippen molar-refractivity contribution in [3.05, 3.63) is 75.7 Å². The molecule has 1 aromatic heterocycles. The molecule has 0 fully saturated rings. The van der Waals surface area contributed by atoms with E-state index in [-0.39, 0.29) is 28.9 Å². The van der Waals surface area contributed by atoms with Gasteiger partial charge in [-0.3, -0.25) is 4.79 Å². The number of fused-ring (bicyclic) bond motifs is 2. The van der Waals surface area contributed by atoms with Gasteiger partial charge in [0.25, 0.3) is 0 Å². The Bertz CT molecular complexity index is 1130. The maximum atomic E-state index is 12.3. The molecule has 0 bridgehead atoms. The van der Waals surface area contributed by atoms with Crippen LogP contribution in [0, 0.1) is 0 Å². The molecule has 29 heavy (non-hydrogen) atoms. The van der Waals surface area contributed by atoms with Gasteiger partial charge in [0.15, 0.2) is 5.43 Å². The summed E-state index contributed by atoms with van der Waals surface area (Å²) in [7, 11) is 0. The van der Waals surface area contributed by atoms with E-state index in [1.807, 2.05) is 42.5 Å². The van der Waals surface area contributed by atoms with Gasteiger partial charge in [0.2, 0.25) is 0 Å². The smallest absolute Gasteiger partial charge is 0.196 e. The van der Waals surface area contributed by atoms with Crippen LogP contribution in [0.25, 0.3) is 17.0 Å². The molecule has 0 amide bonds. The molecule has 0 saturated carbocycles. The minimum Gasteiger partial charge on any atom is -0.507 e. The Kier molecular flexibility index (Phi) is 4.90. The highest BCUT2D eigenvalue weighted by molar-refractivity contribution is 5.87. The van der Waals surface area contributed by atoms with Gasteiger partial charge in [-0.05, 0) is 12.5 Å². The lowest BCUT2D eigenvalue weighted by Gasteiger charge is -2.39. The molecule has 3 aromatic rings. The average Bonchev–Trinajstić information content (AvgIpc) is 2.70. The number of ether oxygens (including phenoxy) is 1. The van der Waals surface area contributed by atoms with E-state index in [2.05, 4.69) is 0 Å². The van der Waals surface area contributed by atoms with Crippen LogP contribution in [0.2, 0.25) is 0 Å². The van der Waals surface area contributed by atoms with E-state index in [1.165, 1.54) is 6.07 Å². The first-order valence-corrected chi connectivity index (χ1v) is 9.42. The van der Waals surface area contributed by atoms with Crippen molar-refractivity contribution in [3.8, 4) is 11.5 Å². The van der Waals surface area contributed by atoms with Crippen LogP contribution in [0.1, 0.15) is 30.2 Å². The number of phenols is 1. The standard InChI is InChI=1S/C23H22O6/c1-23(9-5-8-14-6-3-2-4-7-14)20(26)11-16-18(29-23)12-19-21(22(16)27)17(25)10-15(13-24)28-19/h2-8,10,12,20,24,26-27H,9,11,13H2,1H3/b8-5+/t20-,23+/m1/s1. The molecular formula is C23H22O6. The van der Waals surface area contributed by atoms with Gasteiger partial charge in [0.05, 0.1) is 6.10 Å². The summed E-state index contributed by atoms with van der Waals surface area (Å²) in [5.74, 6) is 0.206. The molecule has 3 N–H and O–H groups in total. The van der Waals surface area contributed by atoms with Gasteiger partial charge in [-0.2, -0.15) is 0 Å². The number of hydrogen-bond donors (Lipinski definition) is 3. The Labute approximate surface area is 167 Å². The molecule has 0 saturated heterocycles. The van der Waals surface area contributed by atoms with Crippen LogP contribution in [0.3, 0.4) is 0 Å². The van der Waals surface area contributed by atoms with Gasteiger partial charge < -0.3 is 24.5 Å². The van der Waals surface area contributed by atoms with Crippen molar-refractivity contribution in [2.75, 3.05) is 0 Å². The van der Waals surface area contributed by atoms with Gasteiger partial charge >= 0.3 is 0 Å². The van der Waals surface area contributed by atoms with E-state index in [1.54, 1.807) is 6.92 Å². The summed E-state index contributed by atoms with van der Waals surface area (Å²) in [6.07, 6.45) is 3.62. The number of phenolic OH excluding ortho intramolecular Hbond substituents is 1. The minimum absolute atomic E-state index is 0.0179. The molecule has 6 nitrogen and oxygen atoms in total. The van der Waals surface area contributed by atoms with Gasteiger partial charge in [-0.25, -0.2) is 0 Å². The monoisotopic (exact) mass is 394 g/mol. The number of benzene rings is 2. The molecule has 1 aliphatic heterocycles. The predicted molar refractivity (Wildman–Crippen MR) is 109 cm³/mol. The quantitative estimate of drug-likeness (QED) is 0.629. The number of hydrogen-bond acceptors (Lipinski definition) is 6. The molecule has 0 radical (unpaired) electrons. The average molecular weight is 394 g/mol. The molecule has 4 rings (SSSR count). The SMILES string of the molecule is C[C@@]1(C/C=C/c2ccccc2)Oc2cc3oc(CO)cc(=O)c3c(O)c2C[C@H]1O. The lowest BCUT2D eigenvalue weighted by Crippen LogP contribution is -2.48. The molecular weight excluding hydrogens is 372 g/mol. The second-order valence-corrected chi connectivity index (χ2v) is 7.46. The number of aromatic hydroxyl groups is 1. The number of rotatable bonds is 4. The van der Waals surface area contributed by atoms with Gasteiger partial charge in [0, 0.05) is 30.5 Å². The zero-order valence-electron chi connectivity index (χ0n) is 16.0. The Hall–Kier alpha value is -3.09. The topological polar surface area (TPSA) is 100 Å². The number of aliphatic hydroxyl groups excluding tert-OH is 2. The van der Waals surface area contributed by atoms with Gasteiger partial charge in [0.1, 0.15) is 40.4 Å². The summed E-state index contributed by atoms with van der Waals surface area (Å²) >= 11 is 0. The van der Waals surface area contributed by atoms with Crippen LogP contribution in [-0.4, -0.2) is 27.0 Å². The summed E-state index contributed by atoms with van der Waals surface area (Å²) in [5.41, 5.74) is 0.190. The van der Waals surface area contributed by atoms with Crippen LogP contribution >= 0.6 is 0 Å². The van der Waals surface area contributed by atoms with Crippen molar-refractivity contribution in [2.45, 2.75) is 38.1 Å². The van der Waals surface area contributed by atoms with E-state index in [9.17, 15) is 20.1 Å². The Balaban J connectivity index is 1.69. The molecule has 0 spiro atoms. The molecule has 0 aliphatic carbocycles. The zero-order valence-corrected chi connectivity index (χ0v) is 16.0. The summed E-state index contributed by atoms with van der Waals surface area (Å²) in [4.78, 5) is 12.3. The van der Waals surface area contributed by atoms with E-state index in [0.29, 0.717) is 17.7 Å². The van der Waals surface area contributed by atoms with Gasteiger partial charge in [-0.15, -0.1) is 0 Å². The van der Waals surface area contributed by atoms with Crippen LogP contribution in [0.5, 0.6) is 11.5 Å². The van der Waals surface area contributed by atoms with Crippen LogP contribution in [-0.2, 0) is 13.0 Å². The largest absolute Gasteiger partial charge is 0.507 e. The fourth-order valence-corrected chi connectivity index (χ4v) is 3.64. The van der Waals surface area contributed by atoms with Crippen LogP contribution in [0.4, 0.5) is 0 Å². The first-order chi connectivity index (χ1) is 13.9. The summed E-state index contributed by atoms with van der Waals surface area (Å²) < 4.78 is 11.6. The molecule has 6 heteroatoms. The third-order valence-corrected chi connectivity index (χ3v) is 5.34. The van der Waals surface area contributed by atoms with E-state index in [4.69, 9.17) is 9.15 Å². The van der Waals surface area contributed by atoms with Crippen molar-refractivity contribution < 1.29 is 24.5 Å². The van der Waals surface area contributed by atoms with E-state index in [0.717, 1.165) is 11.6 Å². The lowest BCUT2D eigenvalue weighted by atomic mass is 9.86. The first-order valence-electron chi connectivity index (χ1n) is 9.42. The highest BCUT2D eigenvalue weighted by Gasteiger charge is 2.40. The Morgan fingerprint density at radius 1 is 1.24 bits per heavy atom. The highest BCUT2D eigenvalue weighted by Crippen LogP contribution is 2.43. The summed E-state index contributed by atoms with van der Waals surface area (Å²) in [5, 5.41) is 30.6. The van der Waals surface area contributed by atoms with Crippen molar-refractivity contribution in [3.63, 3.8) is 0 Å². The van der Waals surface area contributed by atoms with Crippen LogP contribution in [0.15, 0.2) is 57.8 Å². The fourth-order valence-electron chi connectivity index (χ4n) is 3.64. The molecule has 1 aliphatic rings. The Morgan fingerprint density at radius 3 is 2.72 bits per heavy atom. The molecule has 150 valence electrons. The molecule has 0 unspecified atom stereocenters. The third kappa shape index (κ3) is 3.52. The summed E-state index contributed by atoms with van der Waals surface area (Å²) in [6, 6.07) is 12.5. The van der Waals surface area contributed by atoms with Crippen LogP contribution < -0.4 is 10.2 Å². The zero-order chi connectivity index (χ0) is 20.6. The first kappa shape index (κ1) is 19.2. The van der Waals surface area contributed by atoms with E-state index < -0.39 is 23.7 Å². The van der Waals surface area contributed by atoms with E-state index >= 15 is 0 Å². The van der Waals surface area contributed by atoms with Crippen molar-refractivity contribution >= 4 is 17.0 Å². The van der Waals surface area contributed by atoms with Crippen molar-refractivity contribution in [1.29, 1.82) is 0 Å². The number of aliphatic hydroxyl groups is 2. The van der Waals surface area contributed by atoms with Gasteiger partial charge in [-0.1, -0.05) is 42.5 Å². The molecule has 2 atom stereocenters. The molecule has 2 aromatic carbocycles. The second-order valence-electron chi connectivity index (χ2n) is 7.46. The maximum Gasteiger partial charge on any atom is 0.196 e. The molecule has 2 heterocycles. The van der Waals surface area contributed by atoms with Crippen molar-refractivity contribution in [2.24, 2.45) is 0 Å². The fraction of sp³-hybridized carbons (Fsp3) is 0.261. The minimum atomic E-state index is -0.909.